The first-order chi connectivity index (χ1) is 11.4. The molecule has 3 rings (SSSR count). The number of hydrogen-bond donors (Lipinski definition) is 1. The molecule has 0 aromatic carbocycles. The molecule has 0 spiro atoms. The molecule has 1 N–H and O–H groups in total. The van der Waals surface area contributed by atoms with Crippen molar-refractivity contribution in [1.29, 1.82) is 0 Å². The highest BCUT2D eigenvalue weighted by molar-refractivity contribution is 7.14. The lowest BCUT2D eigenvalue weighted by Crippen LogP contribution is -2.20. The number of aromatic nitrogens is 5. The van der Waals surface area contributed by atoms with E-state index < -0.39 is 0 Å². The van der Waals surface area contributed by atoms with Gasteiger partial charge in [0.1, 0.15) is 5.69 Å². The molecule has 8 nitrogen and oxygen atoms in total. The summed E-state index contributed by atoms with van der Waals surface area (Å²) in [5, 5.41) is 13.5. The lowest BCUT2D eigenvalue weighted by molar-refractivity contribution is -0.118. The fraction of sp³-hybridized carbons (Fsp3) is 0.333. The molecule has 0 aliphatic heterocycles. The van der Waals surface area contributed by atoms with Gasteiger partial charge in [0.05, 0.1) is 17.6 Å². The summed E-state index contributed by atoms with van der Waals surface area (Å²) < 4.78 is 9.02. The van der Waals surface area contributed by atoms with Gasteiger partial charge in [-0.05, 0) is 13.8 Å². The Kier molecular flexibility index (Phi) is 4.34. The summed E-state index contributed by atoms with van der Waals surface area (Å²) >= 11 is 1.36. The predicted molar refractivity (Wildman–Crippen MR) is 91.1 cm³/mol. The normalized spacial score (nSPS) is 10.8. The lowest BCUT2D eigenvalue weighted by Gasteiger charge is -2.06. The molecule has 3 heterocycles. The van der Waals surface area contributed by atoms with E-state index in [0.29, 0.717) is 10.9 Å². The maximum absolute atomic E-state index is 12.1. The molecule has 0 atom stereocenters. The first-order valence-corrected chi connectivity index (χ1v) is 8.19. The van der Waals surface area contributed by atoms with E-state index in [0.717, 1.165) is 22.6 Å². The average Bonchev–Trinajstić information content (AvgIpc) is 3.20. The Labute approximate surface area is 143 Å². The van der Waals surface area contributed by atoms with Crippen LogP contribution >= 0.6 is 11.3 Å². The molecule has 126 valence electrons. The molecular formula is C15H18N6O2S. The number of amides is 1. The number of aryl methyl sites for hydroxylation is 3. The SMILES string of the molecule is Cc1nn(C)c(C)c1OCC(=O)Nc1nc(-c2cnn(C)c2)cs1. The minimum absolute atomic E-state index is 0.0881. The first kappa shape index (κ1) is 16.2. The molecule has 0 saturated carbocycles. The molecule has 9 heteroatoms. The zero-order chi connectivity index (χ0) is 17.3. The highest BCUT2D eigenvalue weighted by Crippen LogP contribution is 2.24. The standard InChI is InChI=1S/C15H18N6O2S/c1-9-14(10(2)21(4)19-9)23-7-13(22)18-15-17-12(8-24-15)11-5-16-20(3)6-11/h5-6,8H,7H2,1-4H3,(H,17,18,22). The monoisotopic (exact) mass is 346 g/mol. The van der Waals surface area contributed by atoms with Crippen LogP contribution in [0.5, 0.6) is 5.75 Å². The molecule has 0 bridgehead atoms. The molecule has 0 unspecified atom stereocenters. The van der Waals surface area contributed by atoms with Crippen LogP contribution in [0.3, 0.4) is 0 Å². The Morgan fingerprint density at radius 2 is 2.17 bits per heavy atom. The summed E-state index contributed by atoms with van der Waals surface area (Å²) in [6.07, 6.45) is 3.61. The quantitative estimate of drug-likeness (QED) is 0.762. The number of nitrogens with zero attached hydrogens (tertiary/aromatic N) is 5. The zero-order valence-corrected chi connectivity index (χ0v) is 14.7. The van der Waals surface area contributed by atoms with E-state index in [1.165, 1.54) is 11.3 Å². The van der Waals surface area contributed by atoms with Crippen LogP contribution in [0.1, 0.15) is 11.4 Å². The van der Waals surface area contributed by atoms with Gasteiger partial charge >= 0.3 is 0 Å². The number of thiazole rings is 1. The minimum atomic E-state index is -0.260. The van der Waals surface area contributed by atoms with Crippen molar-refractivity contribution in [2.24, 2.45) is 14.1 Å². The molecule has 3 aromatic rings. The van der Waals surface area contributed by atoms with Crippen molar-refractivity contribution in [3.05, 3.63) is 29.2 Å². The van der Waals surface area contributed by atoms with Crippen LogP contribution in [0, 0.1) is 13.8 Å². The minimum Gasteiger partial charge on any atom is -0.480 e. The molecule has 0 radical (unpaired) electrons. The van der Waals surface area contributed by atoms with Crippen LogP contribution in [0.4, 0.5) is 5.13 Å². The second-order valence-electron chi connectivity index (χ2n) is 5.40. The van der Waals surface area contributed by atoms with Crippen molar-refractivity contribution in [3.8, 4) is 17.0 Å². The number of anilines is 1. The third-order valence-electron chi connectivity index (χ3n) is 3.54. The maximum Gasteiger partial charge on any atom is 0.264 e. The molecule has 0 fully saturated rings. The van der Waals surface area contributed by atoms with Gasteiger partial charge in [0.25, 0.3) is 5.91 Å². The van der Waals surface area contributed by atoms with E-state index in [-0.39, 0.29) is 12.5 Å². The topological polar surface area (TPSA) is 86.9 Å². The van der Waals surface area contributed by atoms with Gasteiger partial charge < -0.3 is 4.74 Å². The predicted octanol–water partition coefficient (Wildman–Crippen LogP) is 1.91. The van der Waals surface area contributed by atoms with Gasteiger partial charge in [-0.15, -0.1) is 11.3 Å². The van der Waals surface area contributed by atoms with Gasteiger partial charge in [0.2, 0.25) is 0 Å². The van der Waals surface area contributed by atoms with Crippen molar-refractivity contribution < 1.29 is 9.53 Å². The van der Waals surface area contributed by atoms with E-state index in [1.807, 2.05) is 39.5 Å². The second kappa shape index (κ2) is 6.44. The number of ether oxygens (including phenoxy) is 1. The third-order valence-corrected chi connectivity index (χ3v) is 4.30. The molecule has 24 heavy (non-hydrogen) atoms. The Morgan fingerprint density at radius 1 is 1.38 bits per heavy atom. The van der Waals surface area contributed by atoms with Crippen LogP contribution in [0.25, 0.3) is 11.3 Å². The van der Waals surface area contributed by atoms with E-state index in [4.69, 9.17) is 4.74 Å². The largest absolute Gasteiger partial charge is 0.480 e. The van der Waals surface area contributed by atoms with Crippen LogP contribution in [0.2, 0.25) is 0 Å². The summed E-state index contributed by atoms with van der Waals surface area (Å²) in [6, 6.07) is 0. The van der Waals surface area contributed by atoms with E-state index in [2.05, 4.69) is 20.5 Å². The van der Waals surface area contributed by atoms with Gasteiger partial charge in [-0.25, -0.2) is 4.98 Å². The Hall–Kier alpha value is -2.68. The molecule has 0 aliphatic carbocycles. The second-order valence-corrected chi connectivity index (χ2v) is 6.26. The van der Waals surface area contributed by atoms with Crippen LogP contribution in [0.15, 0.2) is 17.8 Å². The van der Waals surface area contributed by atoms with E-state index >= 15 is 0 Å². The van der Waals surface area contributed by atoms with Crippen LogP contribution < -0.4 is 10.1 Å². The molecule has 0 aliphatic rings. The van der Waals surface area contributed by atoms with Crippen molar-refractivity contribution in [1.82, 2.24) is 24.5 Å². The summed E-state index contributed by atoms with van der Waals surface area (Å²) in [6.45, 7) is 3.66. The molecule has 3 aromatic heterocycles. The lowest BCUT2D eigenvalue weighted by atomic mass is 10.3. The summed E-state index contributed by atoms with van der Waals surface area (Å²) in [7, 11) is 3.68. The highest BCUT2D eigenvalue weighted by atomic mass is 32.1. The van der Waals surface area contributed by atoms with Crippen molar-refractivity contribution in [2.75, 3.05) is 11.9 Å². The van der Waals surface area contributed by atoms with Crippen LogP contribution in [-0.4, -0.2) is 37.1 Å². The van der Waals surface area contributed by atoms with E-state index in [1.54, 1.807) is 15.6 Å². The van der Waals surface area contributed by atoms with Gasteiger partial charge in [-0.1, -0.05) is 0 Å². The highest BCUT2D eigenvalue weighted by Gasteiger charge is 2.14. The van der Waals surface area contributed by atoms with Crippen molar-refractivity contribution in [3.63, 3.8) is 0 Å². The maximum atomic E-state index is 12.1. The Bertz CT molecular complexity index is 879. The molecule has 1 amide bonds. The smallest absolute Gasteiger partial charge is 0.264 e. The van der Waals surface area contributed by atoms with Gasteiger partial charge in [0.15, 0.2) is 17.5 Å². The number of carbonyl (C=O) groups excluding carboxylic acids is 1. The Morgan fingerprint density at radius 3 is 2.79 bits per heavy atom. The van der Waals surface area contributed by atoms with Crippen molar-refractivity contribution in [2.45, 2.75) is 13.8 Å². The average molecular weight is 346 g/mol. The number of carbonyl (C=O) groups is 1. The molecular weight excluding hydrogens is 328 g/mol. The number of hydrogen-bond acceptors (Lipinski definition) is 6. The zero-order valence-electron chi connectivity index (χ0n) is 13.9. The summed E-state index contributed by atoms with van der Waals surface area (Å²) in [4.78, 5) is 16.4. The Balaban J connectivity index is 1.60. The van der Waals surface area contributed by atoms with Gasteiger partial charge in [0, 0.05) is 31.2 Å². The van der Waals surface area contributed by atoms with Crippen molar-refractivity contribution >= 4 is 22.4 Å². The van der Waals surface area contributed by atoms with Gasteiger partial charge in [-0.2, -0.15) is 10.2 Å². The summed E-state index contributed by atoms with van der Waals surface area (Å²) in [5.41, 5.74) is 3.33. The van der Waals surface area contributed by atoms with Crippen LogP contribution in [-0.2, 0) is 18.9 Å². The summed E-state index contributed by atoms with van der Waals surface area (Å²) in [5.74, 6) is 0.382. The third kappa shape index (κ3) is 3.30. The number of nitrogens with one attached hydrogen (secondary N) is 1. The van der Waals surface area contributed by atoms with E-state index in [9.17, 15) is 4.79 Å². The number of rotatable bonds is 5. The molecule has 0 saturated heterocycles. The first-order valence-electron chi connectivity index (χ1n) is 7.31. The fourth-order valence-electron chi connectivity index (χ4n) is 2.27. The fourth-order valence-corrected chi connectivity index (χ4v) is 3.01. The van der Waals surface area contributed by atoms with Gasteiger partial charge in [-0.3, -0.25) is 19.5 Å².